The molecule has 71 heavy (non-hydrogen) atoms. The highest BCUT2D eigenvalue weighted by Crippen LogP contribution is 2.38. The molecule has 0 fully saturated rings. The number of quaternary nitrogens is 1. The van der Waals surface area contributed by atoms with Crippen LogP contribution in [0.15, 0.2) is 36.5 Å². The highest BCUT2D eigenvalue weighted by molar-refractivity contribution is 7.45. The number of phosphoric acid groups is 1. The number of likely N-dealkylation sites (N-methyl/N-ethyl adjacent to an activating group) is 1. The lowest BCUT2D eigenvalue weighted by Gasteiger charge is -2.29. The average Bonchev–Trinajstić information content (AvgIpc) is 3.33. The molecule has 1 amide bonds. The number of rotatable bonds is 57. The summed E-state index contributed by atoms with van der Waals surface area (Å²) in [6.45, 7) is 4.67. The Morgan fingerprint density at radius 2 is 0.789 bits per heavy atom. The third-order valence-corrected chi connectivity index (χ3v) is 15.0. The number of phosphoric ester groups is 1. The van der Waals surface area contributed by atoms with E-state index < -0.39 is 20.0 Å². The monoisotopic (exact) mass is 1020 g/mol. The molecule has 0 aromatic carbocycles. The molecule has 0 rings (SSSR count). The predicted molar refractivity (Wildman–Crippen MR) is 307 cm³/mol. The van der Waals surface area contributed by atoms with E-state index >= 15 is 0 Å². The average molecular weight is 1020 g/mol. The van der Waals surface area contributed by atoms with Crippen molar-refractivity contribution in [3.05, 3.63) is 36.5 Å². The lowest BCUT2D eigenvalue weighted by Crippen LogP contribution is -2.45. The van der Waals surface area contributed by atoms with Crippen LogP contribution in [0.4, 0.5) is 0 Å². The molecule has 0 aromatic rings. The molecule has 3 atom stereocenters. The number of hydrogen-bond acceptors (Lipinski definition) is 6. The molecule has 0 radical (unpaired) electrons. The van der Waals surface area contributed by atoms with E-state index in [2.05, 4.69) is 43.5 Å². The van der Waals surface area contributed by atoms with Crippen molar-refractivity contribution in [2.75, 3.05) is 40.9 Å². The SMILES string of the molecule is CCCCCCCCCC/C=C\CCCCCCCCCCCCCCCCCC(=O)NC(COP(=O)([O-])OCC[N+](C)(C)C)C(O)/C=C/CC/C=C/CCCCCCCCCCCCCCCCCC. The molecular weight excluding hydrogens is 900 g/mol. The van der Waals surface area contributed by atoms with Gasteiger partial charge in [-0.25, -0.2) is 0 Å². The van der Waals surface area contributed by atoms with Crippen LogP contribution in [0, 0.1) is 0 Å². The van der Waals surface area contributed by atoms with Gasteiger partial charge in [-0.05, 0) is 57.8 Å². The number of amides is 1. The van der Waals surface area contributed by atoms with Crippen molar-refractivity contribution in [3.8, 4) is 0 Å². The maximum atomic E-state index is 13.0. The number of aliphatic hydroxyl groups excluding tert-OH is 1. The van der Waals surface area contributed by atoms with Crippen LogP contribution in [0.1, 0.15) is 303 Å². The maximum Gasteiger partial charge on any atom is 0.268 e. The first kappa shape index (κ1) is 69.7. The van der Waals surface area contributed by atoms with E-state index in [0.29, 0.717) is 17.4 Å². The second-order valence-electron chi connectivity index (χ2n) is 22.4. The molecule has 8 nitrogen and oxygen atoms in total. The van der Waals surface area contributed by atoms with Crippen LogP contribution in [0.3, 0.4) is 0 Å². The third kappa shape index (κ3) is 56.3. The van der Waals surface area contributed by atoms with Gasteiger partial charge in [0.25, 0.3) is 7.82 Å². The van der Waals surface area contributed by atoms with Gasteiger partial charge < -0.3 is 28.8 Å². The lowest BCUT2D eigenvalue weighted by molar-refractivity contribution is -0.870. The number of carbonyl (C=O) groups excluding carboxylic acids is 1. The van der Waals surface area contributed by atoms with Crippen molar-refractivity contribution >= 4 is 13.7 Å². The van der Waals surface area contributed by atoms with Crippen LogP contribution < -0.4 is 10.2 Å². The normalized spacial score (nSPS) is 14.1. The summed E-state index contributed by atoms with van der Waals surface area (Å²) in [5.74, 6) is -0.202. The Balaban J connectivity index is 4.17. The minimum Gasteiger partial charge on any atom is -0.756 e. The van der Waals surface area contributed by atoms with E-state index in [0.717, 1.165) is 38.5 Å². The molecular formula is C62H121N2O6P. The number of unbranched alkanes of at least 4 members (excludes halogenated alkanes) is 40. The fourth-order valence-corrected chi connectivity index (χ4v) is 9.95. The summed E-state index contributed by atoms with van der Waals surface area (Å²) >= 11 is 0. The first-order valence-electron chi connectivity index (χ1n) is 30.9. The van der Waals surface area contributed by atoms with Gasteiger partial charge in [0.2, 0.25) is 5.91 Å². The number of allylic oxidation sites excluding steroid dienone is 5. The Bertz CT molecular complexity index is 1250. The standard InChI is InChI=1S/C62H121N2O6P/c1-6-8-10-12-14-16-18-20-22-24-26-28-30-31-32-33-34-36-38-40-42-44-46-48-50-52-54-56-62(66)63-60(59-70-71(67,68)69-58-57-64(3,4)5)61(65)55-53-51-49-47-45-43-41-39-37-35-29-27-25-23-21-19-17-15-13-11-9-7-2/h24,26,45,47,53,55,60-61,65H,6-23,25,27-44,46,48-52,54,56-59H2,1-5H3,(H-,63,66,67,68)/b26-24-,47-45+,55-53+. The van der Waals surface area contributed by atoms with Crippen LogP contribution >= 0.6 is 7.82 Å². The van der Waals surface area contributed by atoms with Crippen LogP contribution in [0.25, 0.3) is 0 Å². The molecule has 0 aliphatic carbocycles. The Morgan fingerprint density at radius 3 is 1.14 bits per heavy atom. The Labute approximate surface area is 442 Å². The molecule has 3 unspecified atom stereocenters. The zero-order valence-electron chi connectivity index (χ0n) is 47.9. The van der Waals surface area contributed by atoms with Gasteiger partial charge >= 0.3 is 0 Å². The molecule has 0 spiro atoms. The Morgan fingerprint density at radius 1 is 0.479 bits per heavy atom. The van der Waals surface area contributed by atoms with Crippen molar-refractivity contribution in [2.24, 2.45) is 0 Å². The summed E-state index contributed by atoms with van der Waals surface area (Å²) in [7, 11) is 1.25. The van der Waals surface area contributed by atoms with Gasteiger partial charge in [0.1, 0.15) is 13.2 Å². The van der Waals surface area contributed by atoms with Gasteiger partial charge in [0, 0.05) is 6.42 Å². The fourth-order valence-electron chi connectivity index (χ4n) is 9.23. The van der Waals surface area contributed by atoms with Crippen LogP contribution in [0.5, 0.6) is 0 Å². The number of hydrogen-bond donors (Lipinski definition) is 2. The number of aliphatic hydroxyl groups is 1. The van der Waals surface area contributed by atoms with Gasteiger partial charge in [0.05, 0.1) is 39.9 Å². The summed E-state index contributed by atoms with van der Waals surface area (Å²) < 4.78 is 23.4. The molecule has 0 heterocycles. The van der Waals surface area contributed by atoms with Gasteiger partial charge in [-0.3, -0.25) is 9.36 Å². The van der Waals surface area contributed by atoms with E-state index in [1.807, 2.05) is 27.2 Å². The second-order valence-corrected chi connectivity index (χ2v) is 23.8. The molecule has 2 N–H and O–H groups in total. The van der Waals surface area contributed by atoms with Gasteiger partial charge in [-0.2, -0.15) is 0 Å². The van der Waals surface area contributed by atoms with Crippen LogP contribution in [-0.2, 0) is 18.4 Å². The first-order valence-corrected chi connectivity index (χ1v) is 32.3. The zero-order valence-corrected chi connectivity index (χ0v) is 48.8. The number of nitrogens with one attached hydrogen (secondary N) is 1. The van der Waals surface area contributed by atoms with E-state index in [4.69, 9.17) is 9.05 Å². The Hall–Kier alpha value is -1.28. The summed E-state index contributed by atoms with van der Waals surface area (Å²) in [5, 5.41) is 13.9. The van der Waals surface area contributed by atoms with Crippen molar-refractivity contribution in [1.29, 1.82) is 0 Å². The first-order chi connectivity index (χ1) is 34.5. The van der Waals surface area contributed by atoms with Gasteiger partial charge in [0.15, 0.2) is 0 Å². The van der Waals surface area contributed by atoms with Crippen LogP contribution in [-0.4, -0.2) is 68.5 Å². The minimum atomic E-state index is -4.61. The highest BCUT2D eigenvalue weighted by Gasteiger charge is 2.23. The molecule has 420 valence electrons. The summed E-state index contributed by atoms with van der Waals surface area (Å²) in [6.07, 6.45) is 69.5. The lowest BCUT2D eigenvalue weighted by atomic mass is 10.0. The second kappa shape index (κ2) is 53.5. The third-order valence-electron chi connectivity index (χ3n) is 14.1. The van der Waals surface area contributed by atoms with Gasteiger partial charge in [-0.15, -0.1) is 0 Å². The Kier molecular flexibility index (Phi) is 52.6. The topological polar surface area (TPSA) is 108 Å². The number of carbonyl (C=O) groups is 1. The van der Waals surface area contributed by atoms with E-state index in [1.54, 1.807) is 6.08 Å². The van der Waals surface area contributed by atoms with Crippen molar-refractivity contribution in [1.82, 2.24) is 5.32 Å². The van der Waals surface area contributed by atoms with E-state index in [-0.39, 0.29) is 19.1 Å². The summed E-state index contributed by atoms with van der Waals surface area (Å²) in [5.41, 5.74) is 0. The zero-order chi connectivity index (χ0) is 52.0. The van der Waals surface area contributed by atoms with Crippen molar-refractivity contribution in [2.45, 2.75) is 315 Å². The molecule has 0 aliphatic heterocycles. The molecule has 0 saturated heterocycles. The van der Waals surface area contributed by atoms with Crippen LogP contribution in [0.2, 0.25) is 0 Å². The molecule has 0 saturated carbocycles. The molecule has 0 aromatic heterocycles. The molecule has 9 heteroatoms. The maximum absolute atomic E-state index is 13.0. The van der Waals surface area contributed by atoms with E-state index in [9.17, 15) is 19.4 Å². The van der Waals surface area contributed by atoms with Gasteiger partial charge in [-0.1, -0.05) is 275 Å². The largest absolute Gasteiger partial charge is 0.756 e. The van der Waals surface area contributed by atoms with Crippen molar-refractivity contribution < 1.29 is 32.9 Å². The predicted octanol–water partition coefficient (Wildman–Crippen LogP) is 18.3. The van der Waals surface area contributed by atoms with E-state index in [1.165, 1.54) is 244 Å². The fraction of sp³-hybridized carbons (Fsp3) is 0.887. The van der Waals surface area contributed by atoms with Crippen molar-refractivity contribution in [3.63, 3.8) is 0 Å². The highest BCUT2D eigenvalue weighted by atomic mass is 31.2. The minimum absolute atomic E-state index is 0.00501. The summed E-state index contributed by atoms with van der Waals surface area (Å²) in [4.78, 5) is 25.5. The number of nitrogens with zero attached hydrogens (tertiary/aromatic N) is 1. The smallest absolute Gasteiger partial charge is 0.268 e. The summed E-state index contributed by atoms with van der Waals surface area (Å²) in [6, 6.07) is -0.903. The quantitative estimate of drug-likeness (QED) is 0.0272. The molecule has 0 bridgehead atoms. The molecule has 0 aliphatic rings.